The fraction of sp³-hybridized carbons (Fsp3) is 0.300. The molecule has 0 radical (unpaired) electrons. The maximum atomic E-state index is 13.9. The molecular formula is C20H20ClFN2O2. The summed E-state index contributed by atoms with van der Waals surface area (Å²) in [6, 6.07) is 11.9. The van der Waals surface area contributed by atoms with E-state index < -0.39 is 5.82 Å². The average molecular weight is 375 g/mol. The molecule has 0 saturated carbocycles. The van der Waals surface area contributed by atoms with E-state index in [1.54, 1.807) is 11.0 Å². The predicted molar refractivity (Wildman–Crippen MR) is 99.8 cm³/mol. The second-order valence-corrected chi connectivity index (χ2v) is 6.99. The van der Waals surface area contributed by atoms with Crippen LogP contribution in [0.25, 0.3) is 0 Å². The molecule has 1 heterocycles. The molecule has 0 aliphatic carbocycles. The van der Waals surface area contributed by atoms with Crippen LogP contribution in [0, 0.1) is 12.7 Å². The highest BCUT2D eigenvalue weighted by molar-refractivity contribution is 6.31. The molecule has 2 amide bonds. The lowest BCUT2D eigenvalue weighted by molar-refractivity contribution is -0.138. The van der Waals surface area contributed by atoms with Crippen molar-refractivity contribution in [2.24, 2.45) is 0 Å². The lowest BCUT2D eigenvalue weighted by Crippen LogP contribution is -2.57. The minimum absolute atomic E-state index is 0.0278. The van der Waals surface area contributed by atoms with Crippen molar-refractivity contribution in [3.05, 3.63) is 64.4 Å². The number of aryl methyl sites for hydroxylation is 1. The number of amides is 2. The van der Waals surface area contributed by atoms with Gasteiger partial charge in [-0.05, 0) is 38.1 Å². The third-order valence-corrected chi connectivity index (χ3v) is 5.00. The van der Waals surface area contributed by atoms with Gasteiger partial charge in [-0.15, -0.1) is 0 Å². The van der Waals surface area contributed by atoms with Crippen molar-refractivity contribution in [1.82, 2.24) is 4.90 Å². The summed E-state index contributed by atoms with van der Waals surface area (Å²) in [5, 5.41) is 0.218. The van der Waals surface area contributed by atoms with Gasteiger partial charge in [0.2, 0.25) is 11.8 Å². The lowest BCUT2D eigenvalue weighted by atomic mass is 10.1. The van der Waals surface area contributed by atoms with Gasteiger partial charge in [0, 0.05) is 28.9 Å². The molecule has 136 valence electrons. The van der Waals surface area contributed by atoms with Gasteiger partial charge in [-0.1, -0.05) is 35.4 Å². The van der Waals surface area contributed by atoms with Crippen molar-refractivity contribution in [2.45, 2.75) is 26.3 Å². The molecular weight excluding hydrogens is 355 g/mol. The molecule has 0 spiro atoms. The SMILES string of the molecule is Cc1ccc(N2CC(C)N(C(=O)Cc3c(F)cccc3Cl)CC2=O)cc1. The summed E-state index contributed by atoms with van der Waals surface area (Å²) in [5.41, 5.74) is 2.10. The van der Waals surface area contributed by atoms with E-state index in [2.05, 4.69) is 0 Å². The van der Waals surface area contributed by atoms with Gasteiger partial charge in [0.15, 0.2) is 0 Å². The number of benzene rings is 2. The quantitative estimate of drug-likeness (QED) is 0.823. The molecule has 1 atom stereocenters. The van der Waals surface area contributed by atoms with E-state index in [4.69, 9.17) is 11.6 Å². The van der Waals surface area contributed by atoms with Crippen LogP contribution in [-0.2, 0) is 16.0 Å². The van der Waals surface area contributed by atoms with E-state index in [9.17, 15) is 14.0 Å². The molecule has 1 saturated heterocycles. The summed E-state index contributed by atoms with van der Waals surface area (Å²) >= 11 is 6.01. The largest absolute Gasteiger partial charge is 0.329 e. The minimum atomic E-state index is -0.511. The van der Waals surface area contributed by atoms with Crippen LogP contribution >= 0.6 is 11.6 Å². The first-order valence-corrected chi connectivity index (χ1v) is 8.84. The molecule has 1 aliphatic heterocycles. The van der Waals surface area contributed by atoms with Crippen molar-refractivity contribution in [2.75, 3.05) is 18.0 Å². The first kappa shape index (κ1) is 18.4. The Bertz CT molecular complexity index is 818. The minimum Gasteiger partial charge on any atom is -0.329 e. The van der Waals surface area contributed by atoms with Crippen LogP contribution in [0.5, 0.6) is 0 Å². The Morgan fingerprint density at radius 3 is 2.58 bits per heavy atom. The molecule has 4 nitrogen and oxygen atoms in total. The number of nitrogens with zero attached hydrogens (tertiary/aromatic N) is 2. The third-order valence-electron chi connectivity index (χ3n) is 4.64. The highest BCUT2D eigenvalue weighted by atomic mass is 35.5. The number of carbonyl (C=O) groups is 2. The average Bonchev–Trinajstić information content (AvgIpc) is 2.60. The smallest absolute Gasteiger partial charge is 0.246 e. The predicted octanol–water partition coefficient (Wildman–Crippen LogP) is 3.59. The van der Waals surface area contributed by atoms with Gasteiger partial charge in [-0.3, -0.25) is 9.59 Å². The maximum absolute atomic E-state index is 13.9. The summed E-state index contributed by atoms with van der Waals surface area (Å²) in [7, 11) is 0. The van der Waals surface area contributed by atoms with Crippen LogP contribution < -0.4 is 4.90 Å². The molecule has 0 bridgehead atoms. The van der Waals surface area contributed by atoms with E-state index >= 15 is 0 Å². The molecule has 2 aromatic carbocycles. The number of hydrogen-bond donors (Lipinski definition) is 0. The van der Waals surface area contributed by atoms with E-state index in [1.807, 2.05) is 38.1 Å². The molecule has 26 heavy (non-hydrogen) atoms. The summed E-state index contributed by atoms with van der Waals surface area (Å²) in [6.45, 7) is 4.24. The Morgan fingerprint density at radius 1 is 1.23 bits per heavy atom. The van der Waals surface area contributed by atoms with E-state index in [-0.39, 0.29) is 41.4 Å². The van der Waals surface area contributed by atoms with Crippen molar-refractivity contribution in [3.63, 3.8) is 0 Å². The van der Waals surface area contributed by atoms with Gasteiger partial charge in [0.05, 0.1) is 6.42 Å². The van der Waals surface area contributed by atoms with Crippen molar-refractivity contribution < 1.29 is 14.0 Å². The summed E-state index contributed by atoms with van der Waals surface area (Å²) in [5.74, 6) is -0.968. The number of carbonyl (C=O) groups excluding carboxylic acids is 2. The van der Waals surface area contributed by atoms with E-state index in [1.165, 1.54) is 17.0 Å². The molecule has 3 rings (SSSR count). The van der Waals surface area contributed by atoms with Gasteiger partial charge >= 0.3 is 0 Å². The standard InChI is InChI=1S/C20H20ClFN2O2/c1-13-6-8-15(9-7-13)24-11-14(2)23(12-20(24)26)19(25)10-16-17(21)4-3-5-18(16)22/h3-9,14H,10-12H2,1-2H3. The number of piperazine rings is 1. The molecule has 0 aromatic heterocycles. The van der Waals surface area contributed by atoms with Crippen molar-refractivity contribution >= 4 is 29.1 Å². The molecule has 6 heteroatoms. The number of anilines is 1. The van der Waals surface area contributed by atoms with E-state index in [0.717, 1.165) is 11.3 Å². The van der Waals surface area contributed by atoms with Crippen LogP contribution in [0.4, 0.5) is 10.1 Å². The summed E-state index contributed by atoms with van der Waals surface area (Å²) in [6.07, 6.45) is -0.159. The van der Waals surface area contributed by atoms with Gasteiger partial charge in [-0.25, -0.2) is 4.39 Å². The molecule has 1 unspecified atom stereocenters. The first-order chi connectivity index (χ1) is 12.4. The van der Waals surface area contributed by atoms with Crippen LogP contribution in [0.1, 0.15) is 18.1 Å². The molecule has 2 aromatic rings. The zero-order chi connectivity index (χ0) is 18.8. The highest BCUT2D eigenvalue weighted by Gasteiger charge is 2.33. The molecule has 1 fully saturated rings. The van der Waals surface area contributed by atoms with Gasteiger partial charge in [-0.2, -0.15) is 0 Å². The Hall–Kier alpha value is -2.40. The number of rotatable bonds is 3. The Kier molecular flexibility index (Phi) is 5.28. The zero-order valence-corrected chi connectivity index (χ0v) is 15.5. The van der Waals surface area contributed by atoms with Crippen LogP contribution in [0.15, 0.2) is 42.5 Å². The zero-order valence-electron chi connectivity index (χ0n) is 14.7. The van der Waals surface area contributed by atoms with E-state index in [0.29, 0.717) is 6.54 Å². The second-order valence-electron chi connectivity index (χ2n) is 6.59. The molecule has 1 aliphatic rings. The fourth-order valence-corrected chi connectivity index (χ4v) is 3.34. The fourth-order valence-electron chi connectivity index (χ4n) is 3.11. The summed E-state index contributed by atoms with van der Waals surface area (Å²) < 4.78 is 13.9. The third kappa shape index (κ3) is 3.73. The normalized spacial score (nSPS) is 17.5. The Balaban J connectivity index is 1.74. The number of hydrogen-bond acceptors (Lipinski definition) is 2. The highest BCUT2D eigenvalue weighted by Crippen LogP contribution is 2.24. The second kappa shape index (κ2) is 7.46. The first-order valence-electron chi connectivity index (χ1n) is 8.46. The van der Waals surface area contributed by atoms with Gasteiger partial charge in [0.1, 0.15) is 12.4 Å². The maximum Gasteiger partial charge on any atom is 0.246 e. The van der Waals surface area contributed by atoms with Gasteiger partial charge in [0.25, 0.3) is 0 Å². The number of halogens is 2. The van der Waals surface area contributed by atoms with Gasteiger partial charge < -0.3 is 9.80 Å². The van der Waals surface area contributed by atoms with Crippen LogP contribution in [0.2, 0.25) is 5.02 Å². The van der Waals surface area contributed by atoms with Crippen LogP contribution in [-0.4, -0.2) is 35.8 Å². The monoisotopic (exact) mass is 374 g/mol. The molecule has 0 N–H and O–H groups in total. The van der Waals surface area contributed by atoms with Crippen molar-refractivity contribution in [3.8, 4) is 0 Å². The Labute approximate surface area is 157 Å². The summed E-state index contributed by atoms with van der Waals surface area (Å²) in [4.78, 5) is 28.4. The van der Waals surface area contributed by atoms with Crippen molar-refractivity contribution in [1.29, 1.82) is 0 Å². The van der Waals surface area contributed by atoms with Crippen LogP contribution in [0.3, 0.4) is 0 Å². The topological polar surface area (TPSA) is 40.6 Å². The lowest BCUT2D eigenvalue weighted by Gasteiger charge is -2.39. The Morgan fingerprint density at radius 2 is 1.92 bits per heavy atom.